The molecule has 0 bridgehead atoms. The Morgan fingerprint density at radius 3 is 0.944 bits per heavy atom. The number of amides is 2. The molecule has 16 rings (SSSR count). The first-order valence-electron chi connectivity index (χ1n) is 52.4. The zero-order valence-corrected chi connectivity index (χ0v) is 86.0. The van der Waals surface area contributed by atoms with E-state index in [0.29, 0.717) is 66.5 Å². The number of hydrogen-bond donors (Lipinski definition) is 12. The number of unbranched alkanes of at least 4 members (excludes halogenated alkanes) is 13. The normalized spacial score (nSPS) is 11.0. The fraction of sp³-hybridized carbons (Fsp3) is 0.341. The average Bonchev–Trinajstić information content (AvgIpc) is 0.778. The summed E-state index contributed by atoms with van der Waals surface area (Å²) in [4.78, 5) is 54.0. The third-order valence-electron chi connectivity index (χ3n) is 26.6. The van der Waals surface area contributed by atoms with Gasteiger partial charge in [0, 0.05) is 63.9 Å². The monoisotopic (exact) mass is 1930 g/mol. The highest BCUT2D eigenvalue weighted by atomic mass is 16.1. The first kappa shape index (κ1) is 110. The molecule has 0 saturated carbocycles. The quantitative estimate of drug-likeness (QED) is 0.00959. The molecule has 21 nitrogen and oxygen atoms in total. The van der Waals surface area contributed by atoms with Gasteiger partial charge in [-0.25, -0.2) is 29.9 Å². The first-order chi connectivity index (χ1) is 70.0. The van der Waals surface area contributed by atoms with Crippen molar-refractivity contribution in [2.24, 2.45) is 39.4 Å². The van der Waals surface area contributed by atoms with Crippen LogP contribution < -0.4 is 68.8 Å². The lowest BCUT2D eigenvalue weighted by Crippen LogP contribution is -2.22. The predicted molar refractivity (Wildman–Crippen MR) is 610 cm³/mol. The molecule has 0 aliphatic carbocycles. The molecule has 0 fully saturated rings. The average molecular weight is 1930 g/mol. The Morgan fingerprint density at radius 2 is 0.562 bits per heavy atom. The number of guanidine groups is 1. The Labute approximate surface area is 853 Å². The van der Waals surface area contributed by atoms with Crippen molar-refractivity contribution in [1.82, 2.24) is 29.9 Å². The predicted octanol–water partition coefficient (Wildman–Crippen LogP) is 25.2. The number of hydrogen-bond acceptors (Lipinski definition) is 17. The molecule has 0 radical (unpaired) electrons. The van der Waals surface area contributed by atoms with Gasteiger partial charge in [0.15, 0.2) is 5.96 Å². The number of benzene rings is 10. The van der Waals surface area contributed by atoms with Crippen LogP contribution in [0.4, 0.5) is 34.9 Å². The van der Waals surface area contributed by atoms with Crippen LogP contribution in [-0.2, 0) is 88.5 Å². The number of aromatic nitrogens is 6. The number of carbonyl (C=O) groups excluding carboxylic acids is 2. The largest absolute Gasteiger partial charge is 0.383 e. The zero-order chi connectivity index (χ0) is 102. The van der Waals surface area contributed by atoms with Crippen LogP contribution in [0, 0.1) is 0 Å². The molecule has 0 atom stereocenters. The second-order valence-electron chi connectivity index (χ2n) is 37.8. The number of nitrogens with two attached hydrogens (primary N) is 12. The SMILES string of the molecule is CCCCCc1cc2c(-c3cccc(CN)c3)cccc2nc1N.CCCCCc1cc2c(CCCC(N)=O)cccc2nc1N.CCCCCc1cc2c(CCCCN=C(N)N)cccc2nc1N.CCCCCc1cc2c(Cc3cccc(C(N)=O)c3)cccc2nc1N.CCCCCc1cc2c(Cc3ccccc3)cccc2nc1N.CCCCCc1cc2c(Cc3ccccc3CN)cccc2nc1N. The van der Waals surface area contributed by atoms with Gasteiger partial charge >= 0.3 is 0 Å². The maximum atomic E-state index is 11.4. The summed E-state index contributed by atoms with van der Waals surface area (Å²) in [5.74, 6) is 3.46. The lowest BCUT2D eigenvalue weighted by molar-refractivity contribution is -0.118. The number of rotatable bonds is 43. The van der Waals surface area contributed by atoms with Gasteiger partial charge in [-0.3, -0.25) is 14.6 Å². The third kappa shape index (κ3) is 33.1. The van der Waals surface area contributed by atoms with E-state index in [1.165, 1.54) is 172 Å². The van der Waals surface area contributed by atoms with E-state index in [9.17, 15) is 9.59 Å². The summed E-state index contributed by atoms with van der Waals surface area (Å²) in [5.41, 5.74) is 97.7. The van der Waals surface area contributed by atoms with Crippen molar-refractivity contribution < 1.29 is 9.59 Å². The second-order valence-corrected chi connectivity index (χ2v) is 37.8. The fourth-order valence-corrected chi connectivity index (χ4v) is 18.5. The molecule has 10 aromatic carbocycles. The number of fused-ring (bicyclic) bond motifs is 6. The summed E-state index contributed by atoms with van der Waals surface area (Å²) < 4.78 is 0. The lowest BCUT2D eigenvalue weighted by atomic mass is 9.95. The zero-order valence-electron chi connectivity index (χ0n) is 86.0. The maximum absolute atomic E-state index is 11.4. The van der Waals surface area contributed by atoms with Crippen molar-refractivity contribution in [3.05, 3.63) is 343 Å². The molecule has 0 aliphatic heterocycles. The van der Waals surface area contributed by atoms with Crippen molar-refractivity contribution in [3.63, 3.8) is 0 Å². The number of pyridine rings is 6. The molecule has 6 heterocycles. The molecule has 24 N–H and O–H groups in total. The summed E-state index contributed by atoms with van der Waals surface area (Å²) in [6.07, 6.45) is 34.9. The van der Waals surface area contributed by atoms with E-state index < -0.39 is 5.91 Å². The highest BCUT2D eigenvalue weighted by Gasteiger charge is 2.18. The van der Waals surface area contributed by atoms with Crippen LogP contribution in [0.25, 0.3) is 76.5 Å². The van der Waals surface area contributed by atoms with Crippen LogP contribution in [0.5, 0.6) is 0 Å². The topological polar surface area (TPSA) is 436 Å². The van der Waals surface area contributed by atoms with Crippen LogP contribution >= 0.6 is 0 Å². The Balaban J connectivity index is 0.000000165. The van der Waals surface area contributed by atoms with E-state index in [1.54, 1.807) is 6.07 Å². The first-order valence-corrected chi connectivity index (χ1v) is 52.4. The molecular formula is C123H155N19O2. The minimum Gasteiger partial charge on any atom is -0.383 e. The number of anilines is 6. The number of primary amides is 2. The van der Waals surface area contributed by atoms with Crippen molar-refractivity contribution >= 4 is 118 Å². The number of aliphatic imine (C=N–C) groups is 1. The molecule has 16 aromatic rings. The van der Waals surface area contributed by atoms with E-state index in [0.717, 1.165) is 199 Å². The van der Waals surface area contributed by atoms with E-state index in [1.807, 2.05) is 72.8 Å². The Kier molecular flexibility index (Phi) is 44.5. The van der Waals surface area contributed by atoms with Gasteiger partial charge in [-0.15, -0.1) is 0 Å². The van der Waals surface area contributed by atoms with E-state index >= 15 is 0 Å². The molecular weight excluding hydrogens is 1780 g/mol. The fourth-order valence-electron chi connectivity index (χ4n) is 18.5. The smallest absolute Gasteiger partial charge is 0.248 e. The van der Waals surface area contributed by atoms with Gasteiger partial charge in [-0.1, -0.05) is 276 Å². The summed E-state index contributed by atoms with van der Waals surface area (Å²) in [7, 11) is 0. The van der Waals surface area contributed by atoms with Gasteiger partial charge in [-0.05, 0) is 320 Å². The number of carbonyl (C=O) groups is 2. The van der Waals surface area contributed by atoms with Crippen LogP contribution in [0.15, 0.2) is 254 Å². The van der Waals surface area contributed by atoms with Crippen molar-refractivity contribution in [2.75, 3.05) is 40.9 Å². The minimum atomic E-state index is -0.405. The van der Waals surface area contributed by atoms with E-state index in [4.69, 9.17) is 68.8 Å². The molecule has 0 saturated heterocycles. The van der Waals surface area contributed by atoms with E-state index in [-0.39, 0.29) is 11.9 Å². The summed E-state index contributed by atoms with van der Waals surface area (Å²) in [5, 5.41) is 7.09. The maximum Gasteiger partial charge on any atom is 0.248 e. The van der Waals surface area contributed by atoms with Gasteiger partial charge in [0.1, 0.15) is 34.9 Å². The Morgan fingerprint density at radius 1 is 0.257 bits per heavy atom. The van der Waals surface area contributed by atoms with Crippen LogP contribution in [0.1, 0.15) is 282 Å². The van der Waals surface area contributed by atoms with Gasteiger partial charge < -0.3 is 68.8 Å². The summed E-state index contributed by atoms with van der Waals surface area (Å²) in [6.45, 7) is 15.0. The highest BCUT2D eigenvalue weighted by Crippen LogP contribution is 2.35. The number of nitrogen functional groups attached to an aromatic ring is 6. The second kappa shape index (κ2) is 58.2. The van der Waals surface area contributed by atoms with Crippen LogP contribution in [-0.4, -0.2) is 54.2 Å². The van der Waals surface area contributed by atoms with Crippen LogP contribution in [0.2, 0.25) is 0 Å². The molecule has 0 spiro atoms. The number of nitrogens with zero attached hydrogens (tertiary/aromatic N) is 7. The number of aryl methyl sites for hydroxylation is 8. The molecule has 0 aliphatic rings. The minimum absolute atomic E-state index is 0.163. The van der Waals surface area contributed by atoms with Crippen molar-refractivity contribution in [2.45, 2.75) is 267 Å². The molecule has 6 aromatic heterocycles. The molecule has 21 heteroatoms. The molecule has 0 unspecified atom stereocenters. The Hall–Kier alpha value is -14.4. The van der Waals surface area contributed by atoms with Crippen LogP contribution in [0.3, 0.4) is 0 Å². The standard InChI is InChI=1S/C22H25N3O.C22H27N3.C21H25N3.C21H24N2.C19H29N5.C18H25N3O/c1-2-3-4-8-17-14-19-16(9-6-11-20(19)25-21(17)23)12-15-7-5-10-18(13-15)22(24)26;1-2-3-4-9-18-14-20-17(11-7-12-21(20)25-22(18)24)13-16-8-5-6-10-19(16)15-23;1-2-3-4-8-17-13-19-18(10-6-11-20(19)24-21(17)23)16-9-5-7-15(12-16)14-22;1-2-3-5-11-18-15-19-17(14-16-9-6-4-7-10-16)12-8-13-20(19)23-21(18)22;1-2-3-4-9-15-13-16-14(8-5-6-12-23-19(21)22)10-7-11-17(16)24-18(15)20;1-2-3-4-7-14-12-15-13(9-6-11-17(19)22)8-5-10-16(15)21-18(14)20/h5-7,9-11,13-14H,2-4,8,12H2,1H3,(H2,23,25)(H2,24,26);5-8,10-12,14H,2-4,9,13,15,23H2,1H3,(H2,24,25);5-7,9-13H,2-4,8,14,22H2,1H3,(H2,23,24);4,6-10,12-13,15H,2-3,5,11,14H2,1H3,(H2,22,23);7,10-11,13H,2-6,8-9,12H2,1H3,(H2,20,24)(H4,21,22,23);5,8,10,12H,2-4,6-7,9,11H2,1H3,(H2,19,22)(H2,20,21). The van der Waals surface area contributed by atoms with Gasteiger partial charge in [0.05, 0.1) is 33.1 Å². The van der Waals surface area contributed by atoms with Gasteiger partial charge in [0.25, 0.3) is 0 Å². The summed E-state index contributed by atoms with van der Waals surface area (Å²) >= 11 is 0. The molecule has 754 valence electrons. The van der Waals surface area contributed by atoms with Gasteiger partial charge in [0.2, 0.25) is 11.8 Å². The Bertz CT molecular complexity index is 6850. The van der Waals surface area contributed by atoms with E-state index in [2.05, 4.69) is 246 Å². The van der Waals surface area contributed by atoms with Crippen molar-refractivity contribution in [3.8, 4) is 11.1 Å². The molecule has 144 heavy (non-hydrogen) atoms. The highest BCUT2D eigenvalue weighted by molar-refractivity contribution is 5.97. The van der Waals surface area contributed by atoms with Crippen molar-refractivity contribution in [1.29, 1.82) is 0 Å². The third-order valence-corrected chi connectivity index (χ3v) is 26.6. The summed E-state index contributed by atoms with van der Waals surface area (Å²) in [6, 6.07) is 85.4. The van der Waals surface area contributed by atoms with Gasteiger partial charge in [-0.2, -0.15) is 0 Å². The lowest BCUT2D eigenvalue weighted by Gasteiger charge is -2.12. The molecule has 2 amide bonds.